The highest BCUT2D eigenvalue weighted by atomic mass is 32.2. The van der Waals surface area contributed by atoms with Crippen LogP contribution >= 0.6 is 11.8 Å². The van der Waals surface area contributed by atoms with Crippen LogP contribution in [-0.2, 0) is 0 Å². The Morgan fingerprint density at radius 1 is 0.619 bits per heavy atom. The van der Waals surface area contributed by atoms with Crippen molar-refractivity contribution in [3.05, 3.63) is 115 Å². The summed E-state index contributed by atoms with van der Waals surface area (Å²) in [5, 5.41) is 3.04. The van der Waals surface area contributed by atoms with Gasteiger partial charge in [-0.3, -0.25) is 0 Å². The lowest BCUT2D eigenvalue weighted by atomic mass is 9.35. The molecule has 0 radical (unpaired) electrons. The maximum atomic E-state index is 6.62. The van der Waals surface area contributed by atoms with Gasteiger partial charge in [-0.25, -0.2) is 4.98 Å². The summed E-state index contributed by atoms with van der Waals surface area (Å²) in [6.45, 7) is 0.0327. The normalized spacial score (nSPS) is 13.7. The molecule has 42 heavy (non-hydrogen) atoms. The summed E-state index contributed by atoms with van der Waals surface area (Å²) >= 11 is 1.64. The Morgan fingerprint density at radius 2 is 1.36 bits per heavy atom. The largest absolute Gasteiger partial charge is 0.458 e. The summed E-state index contributed by atoms with van der Waals surface area (Å²) in [7, 11) is 0. The zero-order valence-corrected chi connectivity index (χ0v) is 22.9. The summed E-state index contributed by atoms with van der Waals surface area (Å²) in [5.41, 5.74) is 6.44. The number of ether oxygens (including phenoxy) is 3. The van der Waals surface area contributed by atoms with E-state index in [-0.39, 0.29) is 6.71 Å². The van der Waals surface area contributed by atoms with Gasteiger partial charge in [0.1, 0.15) is 39.3 Å². The van der Waals surface area contributed by atoms with Gasteiger partial charge in [0.05, 0.1) is 10.4 Å². The lowest BCUT2D eigenvalue weighted by molar-refractivity contribution is 0.453. The molecule has 0 fully saturated rings. The third kappa shape index (κ3) is 2.98. The number of aromatic nitrogens is 2. The Labute approximate surface area is 245 Å². The fourth-order valence-corrected chi connectivity index (χ4v) is 7.57. The van der Waals surface area contributed by atoms with Gasteiger partial charge < -0.3 is 18.8 Å². The quantitative estimate of drug-likeness (QED) is 0.200. The lowest BCUT2D eigenvalue weighted by Gasteiger charge is -2.33. The minimum Gasteiger partial charge on any atom is -0.458 e. The first kappa shape index (κ1) is 22.5. The molecular formula is C35H19BN2O3S. The minimum atomic E-state index is 0.0327. The Hall–Kier alpha value is -5.14. The van der Waals surface area contributed by atoms with E-state index in [0.29, 0.717) is 0 Å². The number of rotatable bonds is 1. The van der Waals surface area contributed by atoms with Crippen LogP contribution in [0.25, 0.3) is 27.5 Å². The Balaban J connectivity index is 1.22. The van der Waals surface area contributed by atoms with Gasteiger partial charge in [-0.1, -0.05) is 72.4 Å². The molecule has 5 nitrogen and oxygen atoms in total. The molecular weight excluding hydrogens is 539 g/mol. The molecule has 0 N–H and O–H groups in total. The highest BCUT2D eigenvalue weighted by Crippen LogP contribution is 2.50. The third-order valence-electron chi connectivity index (χ3n) is 8.45. The highest BCUT2D eigenvalue weighted by Gasteiger charge is 2.40. The van der Waals surface area contributed by atoms with Crippen molar-refractivity contribution in [1.29, 1.82) is 0 Å². The second kappa shape index (κ2) is 8.21. The van der Waals surface area contributed by atoms with Crippen molar-refractivity contribution in [2.75, 3.05) is 0 Å². The lowest BCUT2D eigenvalue weighted by Crippen LogP contribution is -2.57. The zero-order chi connectivity index (χ0) is 27.4. The predicted molar refractivity (Wildman–Crippen MR) is 167 cm³/mol. The molecule has 3 aliphatic heterocycles. The van der Waals surface area contributed by atoms with Crippen LogP contribution in [0.2, 0.25) is 0 Å². The van der Waals surface area contributed by atoms with E-state index in [0.717, 1.165) is 88.3 Å². The molecule has 10 rings (SSSR count). The zero-order valence-electron chi connectivity index (χ0n) is 22.1. The number of para-hydroxylation sites is 3. The van der Waals surface area contributed by atoms with Gasteiger partial charge in [0.2, 0.25) is 0 Å². The van der Waals surface area contributed by atoms with Gasteiger partial charge in [0.25, 0.3) is 6.71 Å². The molecule has 0 bridgehead atoms. The van der Waals surface area contributed by atoms with Crippen molar-refractivity contribution in [3.8, 4) is 40.2 Å². The molecule has 0 atom stereocenters. The van der Waals surface area contributed by atoms with E-state index in [9.17, 15) is 0 Å². The van der Waals surface area contributed by atoms with Crippen LogP contribution in [0.5, 0.6) is 34.5 Å². The smallest absolute Gasteiger partial charge is 0.260 e. The summed E-state index contributed by atoms with van der Waals surface area (Å²) < 4.78 is 21.8. The summed E-state index contributed by atoms with van der Waals surface area (Å²) in [4.78, 5) is 5.91. The summed E-state index contributed by atoms with van der Waals surface area (Å²) in [6.07, 6.45) is 1.98. The molecule has 0 aliphatic carbocycles. The third-order valence-corrected chi connectivity index (χ3v) is 9.49. The molecule has 5 heterocycles. The van der Waals surface area contributed by atoms with Gasteiger partial charge in [-0.15, -0.1) is 0 Å². The SMILES string of the molecule is c1ccc2c(c1)Oc1c(ncc3c4ccccc4n(-c4ccc5c(c4)Oc4cccc6c4B5c4ccccc4O6)c13)S2. The topological polar surface area (TPSA) is 45.5 Å². The van der Waals surface area contributed by atoms with Gasteiger partial charge in [0, 0.05) is 34.2 Å². The van der Waals surface area contributed by atoms with Crippen molar-refractivity contribution in [1.82, 2.24) is 9.55 Å². The Kier molecular flexibility index (Phi) is 4.41. The molecule has 5 aromatic carbocycles. The molecule has 196 valence electrons. The van der Waals surface area contributed by atoms with E-state index < -0.39 is 0 Å². The monoisotopic (exact) mass is 558 g/mol. The maximum absolute atomic E-state index is 6.62. The van der Waals surface area contributed by atoms with Crippen LogP contribution in [0, 0.1) is 0 Å². The second-order valence-corrected chi connectivity index (χ2v) is 11.8. The first-order chi connectivity index (χ1) is 20.8. The molecule has 0 amide bonds. The summed E-state index contributed by atoms with van der Waals surface area (Å²) in [6, 6.07) is 37.5. The number of nitrogens with zero attached hydrogens (tertiary/aromatic N) is 2. The van der Waals surface area contributed by atoms with Crippen LogP contribution in [0.3, 0.4) is 0 Å². The average molecular weight is 558 g/mol. The predicted octanol–water partition coefficient (Wildman–Crippen LogP) is 7.16. The van der Waals surface area contributed by atoms with E-state index in [1.807, 2.05) is 54.7 Å². The number of fused-ring (bicyclic) bond motifs is 10. The van der Waals surface area contributed by atoms with Gasteiger partial charge >= 0.3 is 0 Å². The van der Waals surface area contributed by atoms with E-state index in [1.54, 1.807) is 11.8 Å². The van der Waals surface area contributed by atoms with Crippen LogP contribution in [0.15, 0.2) is 125 Å². The fraction of sp³-hybridized carbons (Fsp3) is 0. The average Bonchev–Trinajstić information content (AvgIpc) is 3.38. The number of benzene rings is 5. The highest BCUT2D eigenvalue weighted by molar-refractivity contribution is 7.99. The molecule has 3 aliphatic rings. The molecule has 0 unspecified atom stereocenters. The van der Waals surface area contributed by atoms with E-state index in [2.05, 4.69) is 65.2 Å². The molecule has 0 spiro atoms. The molecule has 0 saturated carbocycles. The van der Waals surface area contributed by atoms with Crippen LogP contribution in [-0.4, -0.2) is 16.3 Å². The first-order valence-electron chi connectivity index (χ1n) is 13.9. The Bertz CT molecular complexity index is 2300. The molecule has 0 saturated heterocycles. The maximum Gasteiger partial charge on any atom is 0.260 e. The van der Waals surface area contributed by atoms with Crippen molar-refractivity contribution in [3.63, 3.8) is 0 Å². The minimum absolute atomic E-state index is 0.0327. The van der Waals surface area contributed by atoms with Crippen LogP contribution in [0.1, 0.15) is 0 Å². The Morgan fingerprint density at radius 3 is 2.29 bits per heavy atom. The number of pyridine rings is 1. The van der Waals surface area contributed by atoms with Crippen molar-refractivity contribution >= 4 is 56.7 Å². The van der Waals surface area contributed by atoms with Gasteiger partial charge in [0.15, 0.2) is 5.75 Å². The number of hydrogen-bond donors (Lipinski definition) is 0. The van der Waals surface area contributed by atoms with Gasteiger partial charge in [-0.2, -0.15) is 0 Å². The molecule has 7 aromatic rings. The van der Waals surface area contributed by atoms with E-state index >= 15 is 0 Å². The van der Waals surface area contributed by atoms with Gasteiger partial charge in [-0.05, 0) is 53.4 Å². The van der Waals surface area contributed by atoms with Crippen molar-refractivity contribution < 1.29 is 14.2 Å². The second-order valence-electron chi connectivity index (χ2n) is 10.7. The first-order valence-corrected chi connectivity index (χ1v) is 14.7. The van der Waals surface area contributed by atoms with Crippen LogP contribution in [0.4, 0.5) is 0 Å². The van der Waals surface area contributed by atoms with Crippen molar-refractivity contribution in [2.24, 2.45) is 0 Å². The fourth-order valence-electron chi connectivity index (χ4n) is 6.67. The standard InChI is InChI=1S/C35H19BN2O3S/c1-3-10-25-21(8-1)22-19-37-35-34(41-27-12-5-6-15-31(27)42-35)33(22)38(25)20-16-17-24-30(18-20)40-29-14-7-13-28-32(29)36(24)23-9-2-4-11-26(23)39-28/h1-19H. The molecule has 2 aromatic heterocycles. The van der Waals surface area contributed by atoms with E-state index in [1.165, 1.54) is 0 Å². The number of hydrogen-bond acceptors (Lipinski definition) is 5. The van der Waals surface area contributed by atoms with Crippen LogP contribution < -0.4 is 30.6 Å². The van der Waals surface area contributed by atoms with E-state index in [4.69, 9.17) is 19.2 Å². The summed E-state index contributed by atoms with van der Waals surface area (Å²) in [5.74, 6) is 5.04. The molecule has 7 heteroatoms. The van der Waals surface area contributed by atoms with Crippen molar-refractivity contribution in [2.45, 2.75) is 9.92 Å².